The van der Waals surface area contributed by atoms with Crippen molar-refractivity contribution in [2.45, 2.75) is 49.9 Å². The van der Waals surface area contributed by atoms with Crippen molar-refractivity contribution in [1.82, 2.24) is 20.5 Å². The molecule has 0 aliphatic carbocycles. The van der Waals surface area contributed by atoms with Crippen LogP contribution < -0.4 is 22.1 Å². The second kappa shape index (κ2) is 11.6. The minimum Gasteiger partial charge on any atom is -0.480 e. The number of fused-ring (bicyclic) bond motifs is 1. The van der Waals surface area contributed by atoms with E-state index in [4.69, 9.17) is 11.5 Å². The summed E-state index contributed by atoms with van der Waals surface area (Å²) in [5, 5.41) is 24.6. The molecule has 0 spiro atoms. The second-order valence-electron chi connectivity index (χ2n) is 8.67. The van der Waals surface area contributed by atoms with E-state index in [1.807, 2.05) is 24.3 Å². The van der Waals surface area contributed by atoms with Gasteiger partial charge in [0.2, 0.25) is 23.6 Å². The van der Waals surface area contributed by atoms with E-state index in [1.54, 1.807) is 6.20 Å². The standard InChI is InChI=1S/C23H30N6O7/c24-14(8-12-10-26-15-5-2-1-4-13(12)15)20(32)28-17(11-30)21(33)27-16(9-19(25)31)22(34)29-7-3-6-18(29)23(35)36/h1-2,4-5,10,14,16-18,26,30H,3,6-9,11,24H2,(H2,25,31)(H,27,33)(H,28,32)(H,35,36). The van der Waals surface area contributed by atoms with Crippen molar-refractivity contribution in [3.63, 3.8) is 0 Å². The van der Waals surface area contributed by atoms with E-state index in [0.717, 1.165) is 21.4 Å². The Kier molecular flexibility index (Phi) is 8.61. The highest BCUT2D eigenvalue weighted by molar-refractivity contribution is 5.96. The number of carbonyl (C=O) groups excluding carboxylic acids is 4. The van der Waals surface area contributed by atoms with E-state index in [2.05, 4.69) is 15.6 Å². The Labute approximate surface area is 206 Å². The van der Waals surface area contributed by atoms with Gasteiger partial charge in [-0.3, -0.25) is 19.2 Å². The molecule has 194 valence electrons. The van der Waals surface area contributed by atoms with Gasteiger partial charge in [0.1, 0.15) is 18.1 Å². The predicted molar refractivity (Wildman–Crippen MR) is 127 cm³/mol. The molecule has 9 N–H and O–H groups in total. The van der Waals surface area contributed by atoms with Crippen LogP contribution in [0.25, 0.3) is 10.9 Å². The number of likely N-dealkylation sites (tertiary alicyclic amines) is 1. The maximum absolute atomic E-state index is 12.9. The zero-order valence-corrected chi connectivity index (χ0v) is 19.5. The van der Waals surface area contributed by atoms with Crippen molar-refractivity contribution in [2.75, 3.05) is 13.2 Å². The number of aromatic nitrogens is 1. The number of nitrogens with one attached hydrogen (secondary N) is 3. The summed E-state index contributed by atoms with van der Waals surface area (Å²) < 4.78 is 0. The number of amides is 4. The number of nitrogens with zero attached hydrogens (tertiary/aromatic N) is 1. The Hall–Kier alpha value is -3.97. The molecule has 13 heteroatoms. The van der Waals surface area contributed by atoms with Crippen molar-refractivity contribution < 1.29 is 34.2 Å². The average molecular weight is 503 g/mol. The highest BCUT2D eigenvalue weighted by atomic mass is 16.4. The highest BCUT2D eigenvalue weighted by Crippen LogP contribution is 2.20. The molecular formula is C23H30N6O7. The number of aliphatic carboxylic acids is 1. The monoisotopic (exact) mass is 502 g/mol. The van der Waals surface area contributed by atoms with Crippen molar-refractivity contribution >= 4 is 40.5 Å². The molecule has 13 nitrogen and oxygen atoms in total. The Morgan fingerprint density at radius 2 is 1.81 bits per heavy atom. The second-order valence-corrected chi connectivity index (χ2v) is 8.67. The lowest BCUT2D eigenvalue weighted by molar-refractivity contribution is -0.149. The van der Waals surface area contributed by atoms with Gasteiger partial charge in [-0.1, -0.05) is 18.2 Å². The third-order valence-corrected chi connectivity index (χ3v) is 6.11. The molecule has 1 aromatic carbocycles. The number of carboxylic acids is 1. The largest absolute Gasteiger partial charge is 0.480 e. The lowest BCUT2D eigenvalue weighted by atomic mass is 10.0. The molecule has 0 radical (unpaired) electrons. The number of carboxylic acid groups (broad SMARTS) is 1. The summed E-state index contributed by atoms with van der Waals surface area (Å²) >= 11 is 0. The van der Waals surface area contributed by atoms with Gasteiger partial charge in [-0.25, -0.2) is 4.79 Å². The van der Waals surface area contributed by atoms with E-state index < -0.39 is 66.8 Å². The van der Waals surface area contributed by atoms with Gasteiger partial charge < -0.3 is 42.2 Å². The van der Waals surface area contributed by atoms with Crippen LogP contribution in [0, 0.1) is 0 Å². The van der Waals surface area contributed by atoms with Gasteiger partial charge in [0.15, 0.2) is 0 Å². The van der Waals surface area contributed by atoms with Gasteiger partial charge >= 0.3 is 5.97 Å². The van der Waals surface area contributed by atoms with Gasteiger partial charge in [-0.15, -0.1) is 0 Å². The Bertz CT molecular complexity index is 1150. The van der Waals surface area contributed by atoms with Gasteiger partial charge in [0, 0.05) is 23.6 Å². The summed E-state index contributed by atoms with van der Waals surface area (Å²) in [6, 6.07) is 2.41. The molecule has 4 unspecified atom stereocenters. The number of carbonyl (C=O) groups is 5. The van der Waals surface area contributed by atoms with E-state index in [-0.39, 0.29) is 19.4 Å². The lowest BCUT2D eigenvalue weighted by Gasteiger charge is -2.28. The Balaban J connectivity index is 1.65. The van der Waals surface area contributed by atoms with Crippen molar-refractivity contribution in [2.24, 2.45) is 11.5 Å². The minimum atomic E-state index is -1.47. The first-order valence-corrected chi connectivity index (χ1v) is 11.5. The van der Waals surface area contributed by atoms with Crippen LogP contribution >= 0.6 is 0 Å². The molecule has 1 aromatic heterocycles. The van der Waals surface area contributed by atoms with Crippen LogP contribution in [0.4, 0.5) is 0 Å². The quantitative estimate of drug-likeness (QED) is 0.181. The smallest absolute Gasteiger partial charge is 0.326 e. The minimum absolute atomic E-state index is 0.143. The average Bonchev–Trinajstić information content (AvgIpc) is 3.49. The zero-order valence-electron chi connectivity index (χ0n) is 19.5. The predicted octanol–water partition coefficient (Wildman–Crippen LogP) is -2.05. The van der Waals surface area contributed by atoms with Crippen LogP contribution in [-0.4, -0.2) is 87.0 Å². The third kappa shape index (κ3) is 6.17. The summed E-state index contributed by atoms with van der Waals surface area (Å²) in [4.78, 5) is 65.5. The third-order valence-electron chi connectivity index (χ3n) is 6.11. The van der Waals surface area contributed by atoms with Crippen molar-refractivity contribution in [3.05, 3.63) is 36.0 Å². The molecule has 0 bridgehead atoms. The first-order valence-electron chi connectivity index (χ1n) is 11.5. The van der Waals surface area contributed by atoms with Crippen LogP contribution in [0.5, 0.6) is 0 Å². The fraction of sp³-hybridized carbons (Fsp3) is 0.435. The van der Waals surface area contributed by atoms with Crippen LogP contribution in [-0.2, 0) is 30.4 Å². The van der Waals surface area contributed by atoms with Gasteiger partial charge in [0.05, 0.1) is 19.1 Å². The molecule has 4 atom stereocenters. The summed E-state index contributed by atoms with van der Waals surface area (Å²) in [5.74, 6) is -4.54. The number of hydrogen-bond acceptors (Lipinski definition) is 7. The maximum atomic E-state index is 12.9. The van der Waals surface area contributed by atoms with Crippen molar-refractivity contribution in [3.8, 4) is 0 Å². The molecule has 1 aliphatic rings. The van der Waals surface area contributed by atoms with Gasteiger partial charge in [0.25, 0.3) is 0 Å². The summed E-state index contributed by atoms with van der Waals surface area (Å²) in [7, 11) is 0. The fourth-order valence-electron chi connectivity index (χ4n) is 4.26. The molecule has 36 heavy (non-hydrogen) atoms. The number of primary amides is 1. The molecule has 4 amide bonds. The zero-order chi connectivity index (χ0) is 26.4. The van der Waals surface area contributed by atoms with Crippen LogP contribution in [0.15, 0.2) is 30.5 Å². The van der Waals surface area contributed by atoms with E-state index in [0.29, 0.717) is 6.42 Å². The number of nitrogens with two attached hydrogens (primary N) is 2. The van der Waals surface area contributed by atoms with Gasteiger partial charge in [-0.2, -0.15) is 0 Å². The fourth-order valence-corrected chi connectivity index (χ4v) is 4.26. The van der Waals surface area contributed by atoms with Crippen molar-refractivity contribution in [1.29, 1.82) is 0 Å². The first kappa shape index (κ1) is 26.6. The van der Waals surface area contributed by atoms with Crippen LogP contribution in [0.2, 0.25) is 0 Å². The van der Waals surface area contributed by atoms with E-state index >= 15 is 0 Å². The number of H-pyrrole nitrogens is 1. The summed E-state index contributed by atoms with van der Waals surface area (Å²) in [6.45, 7) is -0.667. The Morgan fingerprint density at radius 3 is 2.47 bits per heavy atom. The summed E-state index contributed by atoms with van der Waals surface area (Å²) in [6.07, 6.45) is 1.99. The first-order chi connectivity index (χ1) is 17.1. The van der Waals surface area contributed by atoms with E-state index in [1.165, 1.54) is 0 Å². The van der Waals surface area contributed by atoms with Gasteiger partial charge in [-0.05, 0) is 30.9 Å². The molecule has 1 fully saturated rings. The number of aromatic amines is 1. The number of aliphatic hydroxyl groups excluding tert-OH is 1. The number of rotatable bonds is 11. The normalized spacial score (nSPS) is 17.8. The van der Waals surface area contributed by atoms with Crippen LogP contribution in [0.1, 0.15) is 24.8 Å². The summed E-state index contributed by atoms with van der Waals surface area (Å²) in [5.41, 5.74) is 12.9. The molecule has 3 rings (SSSR count). The Morgan fingerprint density at radius 1 is 1.11 bits per heavy atom. The maximum Gasteiger partial charge on any atom is 0.326 e. The molecule has 2 heterocycles. The van der Waals surface area contributed by atoms with Crippen LogP contribution in [0.3, 0.4) is 0 Å². The SMILES string of the molecule is NC(=O)CC(NC(=O)C(CO)NC(=O)C(N)Cc1c[nH]c2ccccc12)C(=O)N1CCCC1C(=O)O. The lowest BCUT2D eigenvalue weighted by Crippen LogP contribution is -2.58. The number of aliphatic hydroxyl groups is 1. The van der Waals surface area contributed by atoms with E-state index in [9.17, 15) is 34.2 Å². The highest BCUT2D eigenvalue weighted by Gasteiger charge is 2.39. The molecule has 0 saturated carbocycles. The number of benzene rings is 1. The molecular weight excluding hydrogens is 472 g/mol. The molecule has 2 aromatic rings. The molecule has 1 saturated heterocycles. The topological polar surface area (TPSA) is 221 Å². The number of hydrogen-bond donors (Lipinski definition) is 7. The number of para-hydroxylation sites is 1. The molecule has 1 aliphatic heterocycles.